The molecule has 1 unspecified atom stereocenters. The first kappa shape index (κ1) is 17.9. The van der Waals surface area contributed by atoms with E-state index in [0.29, 0.717) is 17.5 Å². The molecule has 3 aromatic heterocycles. The number of rotatable bonds is 7. The molecule has 0 radical (unpaired) electrons. The van der Waals surface area contributed by atoms with Crippen molar-refractivity contribution in [2.24, 2.45) is 5.92 Å². The van der Waals surface area contributed by atoms with Crippen molar-refractivity contribution in [2.75, 3.05) is 12.3 Å². The van der Waals surface area contributed by atoms with Gasteiger partial charge in [0, 0.05) is 18.2 Å². The van der Waals surface area contributed by atoms with E-state index < -0.39 is 0 Å². The quantitative estimate of drug-likeness (QED) is 0.509. The van der Waals surface area contributed by atoms with E-state index in [2.05, 4.69) is 42.8 Å². The van der Waals surface area contributed by atoms with Gasteiger partial charge in [0.05, 0.1) is 6.20 Å². The maximum absolute atomic E-state index is 6.01. The standard InChI is InChI=1S/C19H28N8/c1-2-12-3-5-14(6-4-12)21-8-7-15(13-10-22-23-11-13)16-9-17(20)24-19-18(16)25-27-26-19/h9-12,14-15,21H,2-8H2,1H3,(H,22,23)(H3,20,24,25,26,27). The number of fused-ring (bicyclic) bond motifs is 1. The number of nitrogens with two attached hydrogens (primary N) is 1. The fourth-order valence-electron chi connectivity index (χ4n) is 4.30. The molecule has 5 N–H and O–H groups in total. The third kappa shape index (κ3) is 3.95. The van der Waals surface area contributed by atoms with Gasteiger partial charge in [-0.25, -0.2) is 4.98 Å². The summed E-state index contributed by atoms with van der Waals surface area (Å²) in [6.07, 6.45) is 11.3. The van der Waals surface area contributed by atoms with E-state index in [0.717, 1.165) is 35.5 Å². The highest BCUT2D eigenvalue weighted by Crippen LogP contribution is 2.32. The summed E-state index contributed by atoms with van der Waals surface area (Å²) in [5.74, 6) is 1.52. The zero-order chi connectivity index (χ0) is 18.6. The summed E-state index contributed by atoms with van der Waals surface area (Å²) < 4.78 is 0. The van der Waals surface area contributed by atoms with Gasteiger partial charge in [0.1, 0.15) is 11.3 Å². The van der Waals surface area contributed by atoms with Gasteiger partial charge in [-0.2, -0.15) is 15.4 Å². The van der Waals surface area contributed by atoms with E-state index in [4.69, 9.17) is 5.73 Å². The molecule has 1 aliphatic carbocycles. The number of H-pyrrole nitrogens is 2. The monoisotopic (exact) mass is 368 g/mol. The average molecular weight is 368 g/mol. The number of anilines is 1. The van der Waals surface area contributed by atoms with Gasteiger partial charge >= 0.3 is 0 Å². The molecule has 0 aliphatic heterocycles. The van der Waals surface area contributed by atoms with Crippen LogP contribution in [0.25, 0.3) is 11.2 Å². The maximum atomic E-state index is 6.01. The Bertz CT molecular complexity index is 848. The lowest BCUT2D eigenvalue weighted by Gasteiger charge is -2.29. The van der Waals surface area contributed by atoms with Crippen LogP contribution in [-0.2, 0) is 0 Å². The van der Waals surface area contributed by atoms with Crippen LogP contribution in [0, 0.1) is 5.92 Å². The highest BCUT2D eigenvalue weighted by molar-refractivity contribution is 5.77. The van der Waals surface area contributed by atoms with E-state index in [-0.39, 0.29) is 5.92 Å². The van der Waals surface area contributed by atoms with Crippen molar-refractivity contribution < 1.29 is 0 Å². The van der Waals surface area contributed by atoms with Crippen LogP contribution < -0.4 is 11.1 Å². The number of aromatic nitrogens is 6. The Kier molecular flexibility index (Phi) is 5.33. The van der Waals surface area contributed by atoms with E-state index in [1.807, 2.05) is 18.5 Å². The topological polar surface area (TPSA) is 121 Å². The fourth-order valence-corrected chi connectivity index (χ4v) is 4.30. The van der Waals surface area contributed by atoms with Crippen molar-refractivity contribution in [3.8, 4) is 0 Å². The van der Waals surface area contributed by atoms with Crippen LogP contribution in [0.4, 0.5) is 5.82 Å². The van der Waals surface area contributed by atoms with Crippen molar-refractivity contribution >= 4 is 17.0 Å². The summed E-state index contributed by atoms with van der Waals surface area (Å²) in [6.45, 7) is 3.25. The Labute approximate surface area is 158 Å². The third-order valence-electron chi connectivity index (χ3n) is 5.93. The second-order valence-corrected chi connectivity index (χ2v) is 7.59. The van der Waals surface area contributed by atoms with E-state index in [9.17, 15) is 0 Å². The Morgan fingerprint density at radius 1 is 1.26 bits per heavy atom. The van der Waals surface area contributed by atoms with Crippen LogP contribution in [-0.4, -0.2) is 43.2 Å². The van der Waals surface area contributed by atoms with Gasteiger partial charge in [-0.15, -0.1) is 5.10 Å². The number of aromatic amines is 2. The first-order chi connectivity index (χ1) is 13.2. The molecule has 0 aromatic carbocycles. The Hall–Kier alpha value is -2.48. The molecular formula is C19H28N8. The van der Waals surface area contributed by atoms with Crippen molar-refractivity contribution in [1.82, 2.24) is 35.9 Å². The lowest BCUT2D eigenvalue weighted by atomic mass is 9.84. The second-order valence-electron chi connectivity index (χ2n) is 7.59. The number of nitrogens with zero attached hydrogens (tertiary/aromatic N) is 4. The minimum atomic E-state index is 0.140. The van der Waals surface area contributed by atoms with Gasteiger partial charge in [-0.3, -0.25) is 5.10 Å². The van der Waals surface area contributed by atoms with E-state index in [1.165, 1.54) is 32.1 Å². The number of nitrogen functional groups attached to an aromatic ring is 1. The molecule has 0 spiro atoms. The Morgan fingerprint density at radius 3 is 2.85 bits per heavy atom. The van der Waals surface area contributed by atoms with Gasteiger partial charge in [0.15, 0.2) is 0 Å². The van der Waals surface area contributed by atoms with Crippen molar-refractivity contribution in [1.29, 1.82) is 0 Å². The predicted molar refractivity (Wildman–Crippen MR) is 105 cm³/mol. The fraction of sp³-hybridized carbons (Fsp3) is 0.579. The highest BCUT2D eigenvalue weighted by atomic mass is 15.3. The lowest BCUT2D eigenvalue weighted by molar-refractivity contribution is 0.285. The summed E-state index contributed by atoms with van der Waals surface area (Å²) in [6, 6.07) is 2.54. The molecule has 3 heterocycles. The summed E-state index contributed by atoms with van der Waals surface area (Å²) >= 11 is 0. The van der Waals surface area contributed by atoms with Crippen LogP contribution in [0.15, 0.2) is 18.5 Å². The van der Waals surface area contributed by atoms with Gasteiger partial charge in [-0.05, 0) is 61.8 Å². The maximum Gasteiger partial charge on any atom is 0.203 e. The van der Waals surface area contributed by atoms with E-state index in [1.54, 1.807) is 0 Å². The van der Waals surface area contributed by atoms with E-state index >= 15 is 0 Å². The summed E-state index contributed by atoms with van der Waals surface area (Å²) in [7, 11) is 0. The zero-order valence-corrected chi connectivity index (χ0v) is 15.8. The smallest absolute Gasteiger partial charge is 0.203 e. The van der Waals surface area contributed by atoms with Crippen LogP contribution in [0.1, 0.15) is 62.5 Å². The molecule has 1 aliphatic rings. The van der Waals surface area contributed by atoms with Crippen LogP contribution in [0.2, 0.25) is 0 Å². The molecular weight excluding hydrogens is 340 g/mol. The molecule has 1 atom stereocenters. The highest BCUT2D eigenvalue weighted by Gasteiger charge is 2.23. The molecule has 1 saturated carbocycles. The van der Waals surface area contributed by atoms with Crippen molar-refractivity contribution in [2.45, 2.75) is 57.4 Å². The van der Waals surface area contributed by atoms with Crippen LogP contribution in [0.5, 0.6) is 0 Å². The SMILES string of the molecule is CCC1CCC(NCCC(c2cn[nH]c2)c2cc(N)nc3n[nH]nc23)CC1. The van der Waals surface area contributed by atoms with Crippen LogP contribution in [0.3, 0.4) is 0 Å². The van der Waals surface area contributed by atoms with Crippen molar-refractivity contribution in [3.05, 3.63) is 29.6 Å². The average Bonchev–Trinajstić information content (AvgIpc) is 3.37. The summed E-state index contributed by atoms with van der Waals surface area (Å²) in [5.41, 5.74) is 9.52. The van der Waals surface area contributed by atoms with Gasteiger partial charge in [-0.1, -0.05) is 13.3 Å². The molecule has 0 bridgehead atoms. The Morgan fingerprint density at radius 2 is 2.11 bits per heavy atom. The Balaban J connectivity index is 1.48. The number of hydrogen-bond donors (Lipinski definition) is 4. The number of nitrogens with one attached hydrogen (secondary N) is 3. The molecule has 8 heteroatoms. The molecule has 0 amide bonds. The normalized spacial score (nSPS) is 21.5. The predicted octanol–water partition coefficient (Wildman–Crippen LogP) is 2.74. The first-order valence-electron chi connectivity index (χ1n) is 9.93. The number of hydrogen-bond acceptors (Lipinski definition) is 6. The summed E-state index contributed by atoms with van der Waals surface area (Å²) in [4.78, 5) is 4.26. The van der Waals surface area contributed by atoms with Gasteiger partial charge in [0.25, 0.3) is 0 Å². The molecule has 3 aromatic rings. The first-order valence-corrected chi connectivity index (χ1v) is 9.93. The number of pyridine rings is 1. The van der Waals surface area contributed by atoms with Gasteiger partial charge in [0.2, 0.25) is 5.65 Å². The molecule has 0 saturated heterocycles. The third-order valence-corrected chi connectivity index (χ3v) is 5.93. The molecule has 27 heavy (non-hydrogen) atoms. The molecule has 1 fully saturated rings. The summed E-state index contributed by atoms with van der Waals surface area (Å²) in [5, 5.41) is 21.9. The minimum absolute atomic E-state index is 0.140. The van der Waals surface area contributed by atoms with Crippen molar-refractivity contribution in [3.63, 3.8) is 0 Å². The second kappa shape index (κ2) is 8.04. The zero-order valence-electron chi connectivity index (χ0n) is 15.8. The minimum Gasteiger partial charge on any atom is -0.384 e. The molecule has 8 nitrogen and oxygen atoms in total. The molecule has 144 valence electrons. The van der Waals surface area contributed by atoms with Gasteiger partial charge < -0.3 is 11.1 Å². The largest absolute Gasteiger partial charge is 0.384 e. The molecule has 4 rings (SSSR count). The van der Waals surface area contributed by atoms with Crippen LogP contribution >= 0.6 is 0 Å². The lowest BCUT2D eigenvalue weighted by Crippen LogP contribution is -2.34.